The number of nitrogens with one attached hydrogen (secondary N) is 1. The smallest absolute Gasteiger partial charge is 0.258 e. The van der Waals surface area contributed by atoms with Crippen molar-refractivity contribution in [1.82, 2.24) is 5.32 Å². The number of nitrogen functional groups attached to an aromatic ring is 1. The van der Waals surface area contributed by atoms with E-state index >= 15 is 0 Å². The van der Waals surface area contributed by atoms with E-state index in [2.05, 4.69) is 5.32 Å². The quantitative estimate of drug-likeness (QED) is 0.459. The van der Waals surface area contributed by atoms with E-state index in [4.69, 9.17) is 5.73 Å². The lowest BCUT2D eigenvalue weighted by Gasteiger charge is -2.17. The van der Waals surface area contributed by atoms with Gasteiger partial charge in [-0.3, -0.25) is 14.9 Å². The number of amides is 2. The van der Waals surface area contributed by atoms with Crippen molar-refractivity contribution in [1.29, 1.82) is 0 Å². The van der Waals surface area contributed by atoms with Crippen LogP contribution in [0.15, 0.2) is 12.1 Å². The number of carbonyl (C=O) groups is 2. The summed E-state index contributed by atoms with van der Waals surface area (Å²) < 4.78 is 0. The summed E-state index contributed by atoms with van der Waals surface area (Å²) >= 11 is 0. The van der Waals surface area contributed by atoms with E-state index in [0.29, 0.717) is 11.3 Å². The first-order chi connectivity index (χ1) is 6.58. The molecule has 2 rings (SSSR count). The van der Waals surface area contributed by atoms with Gasteiger partial charge < -0.3 is 5.73 Å². The Morgan fingerprint density at radius 2 is 2.07 bits per heavy atom. The number of imide groups is 1. The van der Waals surface area contributed by atoms with Crippen LogP contribution in [0.25, 0.3) is 0 Å². The standard InChI is InChI=1S/C10H10N2O2/c1-5-2-7(11)3-6-4-8(13)12-10(14)9(5)6/h2-3H,4,11H2,1H3,(H,12,13,14). The van der Waals surface area contributed by atoms with Crippen LogP contribution in [0.3, 0.4) is 0 Å². The zero-order chi connectivity index (χ0) is 10.3. The average molecular weight is 190 g/mol. The van der Waals surface area contributed by atoms with Gasteiger partial charge in [0.1, 0.15) is 0 Å². The summed E-state index contributed by atoms with van der Waals surface area (Å²) in [5.41, 5.74) is 8.33. The molecule has 0 saturated carbocycles. The second-order valence-electron chi connectivity index (χ2n) is 3.43. The number of fused-ring (bicyclic) bond motifs is 1. The molecule has 0 saturated heterocycles. The van der Waals surface area contributed by atoms with Crippen LogP contribution in [0.4, 0.5) is 5.69 Å². The summed E-state index contributed by atoms with van der Waals surface area (Å²) in [6, 6.07) is 3.41. The highest BCUT2D eigenvalue weighted by Gasteiger charge is 2.23. The van der Waals surface area contributed by atoms with Crippen LogP contribution >= 0.6 is 0 Å². The van der Waals surface area contributed by atoms with Crippen molar-refractivity contribution < 1.29 is 9.59 Å². The predicted octanol–water partition coefficient (Wildman–Crippen LogP) is 0.390. The van der Waals surface area contributed by atoms with E-state index in [-0.39, 0.29) is 18.2 Å². The molecule has 4 nitrogen and oxygen atoms in total. The van der Waals surface area contributed by atoms with Crippen molar-refractivity contribution in [3.63, 3.8) is 0 Å². The molecule has 4 heteroatoms. The fourth-order valence-electron chi connectivity index (χ4n) is 1.76. The predicted molar refractivity (Wildman–Crippen MR) is 51.8 cm³/mol. The van der Waals surface area contributed by atoms with Crippen LogP contribution < -0.4 is 11.1 Å². The Morgan fingerprint density at radius 3 is 2.79 bits per heavy atom. The molecule has 1 aromatic carbocycles. The number of benzene rings is 1. The molecule has 3 N–H and O–H groups in total. The SMILES string of the molecule is Cc1cc(N)cc2c1C(=O)NC(=O)C2. The third-order valence-corrected chi connectivity index (χ3v) is 2.27. The highest BCUT2D eigenvalue weighted by Crippen LogP contribution is 2.21. The van der Waals surface area contributed by atoms with Crippen molar-refractivity contribution in [2.45, 2.75) is 13.3 Å². The third kappa shape index (κ3) is 1.25. The fraction of sp³-hybridized carbons (Fsp3) is 0.200. The van der Waals surface area contributed by atoms with Crippen molar-refractivity contribution >= 4 is 17.5 Å². The van der Waals surface area contributed by atoms with Gasteiger partial charge in [-0.2, -0.15) is 0 Å². The molecule has 14 heavy (non-hydrogen) atoms. The molecule has 0 atom stereocenters. The Balaban J connectivity index is 2.64. The first-order valence-electron chi connectivity index (χ1n) is 4.31. The molecule has 0 unspecified atom stereocenters. The molecule has 0 bridgehead atoms. The first kappa shape index (κ1) is 8.74. The molecule has 0 radical (unpaired) electrons. The van der Waals surface area contributed by atoms with Gasteiger partial charge in [-0.15, -0.1) is 0 Å². The van der Waals surface area contributed by atoms with E-state index in [1.807, 2.05) is 6.92 Å². The topological polar surface area (TPSA) is 72.2 Å². The van der Waals surface area contributed by atoms with Crippen LogP contribution in [0.2, 0.25) is 0 Å². The summed E-state index contributed by atoms with van der Waals surface area (Å²) in [5.74, 6) is -0.596. The second kappa shape index (κ2) is 2.83. The Kier molecular flexibility index (Phi) is 1.77. The lowest BCUT2D eigenvalue weighted by Crippen LogP contribution is -2.37. The van der Waals surface area contributed by atoms with E-state index in [0.717, 1.165) is 11.1 Å². The molecule has 0 aromatic heterocycles. The number of nitrogens with two attached hydrogens (primary N) is 1. The van der Waals surface area contributed by atoms with Crippen LogP contribution in [-0.2, 0) is 11.2 Å². The molecular weight excluding hydrogens is 180 g/mol. The van der Waals surface area contributed by atoms with Gasteiger partial charge in [-0.05, 0) is 30.2 Å². The van der Waals surface area contributed by atoms with Gasteiger partial charge in [0, 0.05) is 11.3 Å². The average Bonchev–Trinajstić information content (AvgIpc) is 1.99. The van der Waals surface area contributed by atoms with Crippen LogP contribution in [0.1, 0.15) is 21.5 Å². The van der Waals surface area contributed by atoms with Gasteiger partial charge in [-0.25, -0.2) is 0 Å². The van der Waals surface area contributed by atoms with Crippen molar-refractivity contribution in [3.05, 3.63) is 28.8 Å². The first-order valence-corrected chi connectivity index (χ1v) is 4.31. The maximum absolute atomic E-state index is 11.5. The van der Waals surface area contributed by atoms with Crippen LogP contribution in [0.5, 0.6) is 0 Å². The molecule has 1 aliphatic rings. The van der Waals surface area contributed by atoms with E-state index in [9.17, 15) is 9.59 Å². The number of hydrogen-bond donors (Lipinski definition) is 2. The third-order valence-electron chi connectivity index (χ3n) is 2.27. The van der Waals surface area contributed by atoms with Gasteiger partial charge in [0.2, 0.25) is 5.91 Å². The monoisotopic (exact) mass is 190 g/mol. The number of hydrogen-bond acceptors (Lipinski definition) is 3. The van der Waals surface area contributed by atoms with Crippen molar-refractivity contribution in [3.8, 4) is 0 Å². The second-order valence-corrected chi connectivity index (χ2v) is 3.43. The minimum absolute atomic E-state index is 0.229. The van der Waals surface area contributed by atoms with Crippen LogP contribution in [0, 0.1) is 6.92 Å². The van der Waals surface area contributed by atoms with E-state index in [1.54, 1.807) is 12.1 Å². The molecule has 1 aromatic rings. The summed E-state index contributed by atoms with van der Waals surface area (Å²) in [4.78, 5) is 22.5. The van der Waals surface area contributed by atoms with Gasteiger partial charge >= 0.3 is 0 Å². The van der Waals surface area contributed by atoms with Gasteiger partial charge in [0.15, 0.2) is 0 Å². The molecule has 72 valence electrons. The Morgan fingerprint density at radius 1 is 1.36 bits per heavy atom. The maximum Gasteiger partial charge on any atom is 0.258 e. The lowest BCUT2D eigenvalue weighted by atomic mass is 9.95. The van der Waals surface area contributed by atoms with E-state index in [1.165, 1.54) is 0 Å². The van der Waals surface area contributed by atoms with Gasteiger partial charge in [0.05, 0.1) is 6.42 Å². The Hall–Kier alpha value is -1.84. The molecule has 1 aliphatic heterocycles. The highest BCUT2D eigenvalue weighted by atomic mass is 16.2. The molecule has 0 fully saturated rings. The highest BCUT2D eigenvalue weighted by molar-refractivity contribution is 6.10. The lowest BCUT2D eigenvalue weighted by molar-refractivity contribution is -0.119. The van der Waals surface area contributed by atoms with Crippen molar-refractivity contribution in [2.75, 3.05) is 5.73 Å². The normalized spacial score (nSPS) is 14.9. The van der Waals surface area contributed by atoms with Crippen LogP contribution in [-0.4, -0.2) is 11.8 Å². The zero-order valence-electron chi connectivity index (χ0n) is 7.76. The largest absolute Gasteiger partial charge is 0.399 e. The van der Waals surface area contributed by atoms with Gasteiger partial charge in [-0.1, -0.05) is 0 Å². The molecule has 0 spiro atoms. The molecule has 0 aliphatic carbocycles. The summed E-state index contributed by atoms with van der Waals surface area (Å²) in [6.07, 6.45) is 0.229. The molecular formula is C10H10N2O2. The minimum atomic E-state index is -0.325. The fourth-order valence-corrected chi connectivity index (χ4v) is 1.76. The Labute approximate surface area is 81.1 Å². The minimum Gasteiger partial charge on any atom is -0.399 e. The Bertz CT molecular complexity index is 438. The summed E-state index contributed by atoms with van der Waals surface area (Å²) in [6.45, 7) is 1.81. The number of rotatable bonds is 0. The summed E-state index contributed by atoms with van der Waals surface area (Å²) in [5, 5.41) is 2.28. The summed E-state index contributed by atoms with van der Waals surface area (Å²) in [7, 11) is 0. The molecule has 1 heterocycles. The number of aryl methyl sites for hydroxylation is 1. The zero-order valence-corrected chi connectivity index (χ0v) is 7.76. The number of anilines is 1. The van der Waals surface area contributed by atoms with Crippen molar-refractivity contribution in [2.24, 2.45) is 0 Å². The molecule has 2 amide bonds. The van der Waals surface area contributed by atoms with Gasteiger partial charge in [0.25, 0.3) is 5.91 Å². The number of carbonyl (C=O) groups excluding carboxylic acids is 2. The van der Waals surface area contributed by atoms with E-state index < -0.39 is 0 Å². The maximum atomic E-state index is 11.5.